The Hall–Kier alpha value is -2.51. The van der Waals surface area contributed by atoms with Crippen molar-refractivity contribution >= 4 is 23.3 Å². The molecule has 1 aromatic heterocycles. The molecule has 5 rings (SSSR count). The van der Waals surface area contributed by atoms with Crippen molar-refractivity contribution in [1.29, 1.82) is 0 Å². The average Bonchev–Trinajstić information content (AvgIpc) is 3.11. The van der Waals surface area contributed by atoms with E-state index in [-0.39, 0.29) is 0 Å². The highest BCUT2D eigenvalue weighted by Crippen LogP contribution is 2.46. The normalized spacial score (nSPS) is 18.3. The Kier molecular flexibility index (Phi) is 4.10. The van der Waals surface area contributed by atoms with Crippen LogP contribution >= 0.6 is 12.2 Å². The summed E-state index contributed by atoms with van der Waals surface area (Å²) in [6.45, 7) is 1.84. The maximum Gasteiger partial charge on any atom is 0.175 e. The molecule has 0 fully saturated rings. The molecule has 0 saturated carbocycles. The van der Waals surface area contributed by atoms with Crippen LogP contribution in [-0.2, 0) is 19.4 Å². The number of aromatic nitrogens is 2. The third kappa shape index (κ3) is 2.46. The smallest absolute Gasteiger partial charge is 0.175 e. The minimum Gasteiger partial charge on any atom is -0.494 e. The Morgan fingerprint density at radius 1 is 1.00 bits per heavy atom. The number of ether oxygens (including phenoxy) is 3. The summed E-state index contributed by atoms with van der Waals surface area (Å²) in [6, 6.07) is 6.63. The number of benzene rings is 2. The molecule has 146 valence electrons. The summed E-state index contributed by atoms with van der Waals surface area (Å²) in [5, 5.41) is 0. The van der Waals surface area contributed by atoms with Crippen LogP contribution in [-0.4, -0.2) is 42.7 Å². The van der Waals surface area contributed by atoms with E-state index in [0.29, 0.717) is 10.8 Å². The predicted octanol–water partition coefficient (Wildman–Crippen LogP) is 3.91. The van der Waals surface area contributed by atoms with Gasteiger partial charge >= 0.3 is 0 Å². The van der Waals surface area contributed by atoms with Crippen molar-refractivity contribution in [3.8, 4) is 17.2 Å². The molecular weight excluding hydrogens is 374 g/mol. The highest BCUT2D eigenvalue weighted by atomic mass is 32.1. The Morgan fingerprint density at radius 2 is 1.79 bits per heavy atom. The monoisotopic (exact) mass is 397 g/mol. The van der Waals surface area contributed by atoms with Crippen LogP contribution in [0.4, 0.5) is 0 Å². The van der Waals surface area contributed by atoms with Crippen LogP contribution < -0.4 is 14.2 Å². The first-order valence-electron chi connectivity index (χ1n) is 9.43. The summed E-state index contributed by atoms with van der Waals surface area (Å²) >= 11 is 5.39. The van der Waals surface area contributed by atoms with Gasteiger partial charge in [0.1, 0.15) is 11.3 Å². The van der Waals surface area contributed by atoms with E-state index in [1.807, 2.05) is 6.07 Å². The summed E-state index contributed by atoms with van der Waals surface area (Å²) < 4.78 is 17.4. The molecular formula is C21H23N3O3S. The topological polar surface area (TPSA) is 62.5 Å². The van der Waals surface area contributed by atoms with E-state index >= 15 is 0 Å². The molecule has 2 aliphatic rings. The number of H-pyrrole nitrogens is 2. The summed E-state index contributed by atoms with van der Waals surface area (Å²) in [5.41, 5.74) is 7.22. The van der Waals surface area contributed by atoms with Crippen LogP contribution in [0.3, 0.4) is 0 Å². The van der Waals surface area contributed by atoms with Gasteiger partial charge in [0.15, 0.2) is 16.3 Å². The fraction of sp³-hybridized carbons (Fsp3) is 0.381. The number of rotatable bonds is 3. The molecule has 28 heavy (non-hydrogen) atoms. The van der Waals surface area contributed by atoms with Gasteiger partial charge in [0, 0.05) is 24.7 Å². The Bertz CT molecular complexity index is 1130. The van der Waals surface area contributed by atoms with Crippen LogP contribution in [0, 0.1) is 4.77 Å². The summed E-state index contributed by atoms with van der Waals surface area (Å²) in [6.07, 6.45) is 1.90. The highest BCUT2D eigenvalue weighted by Gasteiger charge is 2.36. The zero-order valence-electron chi connectivity index (χ0n) is 16.2. The van der Waals surface area contributed by atoms with Gasteiger partial charge in [-0.1, -0.05) is 6.07 Å². The Labute approximate surface area is 168 Å². The van der Waals surface area contributed by atoms with Crippen LogP contribution in [0.1, 0.15) is 28.3 Å². The SMILES string of the molecule is COc1ccc2c(c1OC)CN1CCc3cc(OC)c4[nH]c(=S)[nH]c4c3[C@@H]1C2. The molecule has 3 aromatic rings. The molecule has 0 aliphatic carbocycles. The maximum atomic E-state index is 5.69. The van der Waals surface area contributed by atoms with Gasteiger partial charge in [-0.15, -0.1) is 0 Å². The molecule has 2 aromatic carbocycles. The van der Waals surface area contributed by atoms with Crippen molar-refractivity contribution in [3.63, 3.8) is 0 Å². The standard InChI is InChI=1S/C21H23N3O3S/c1-25-15-5-4-11-8-14-17-12(6-7-24(14)10-13(11)20(15)27-3)9-16(26-2)18-19(17)23-21(28)22-18/h4-5,9,14H,6-8,10H2,1-3H3,(H2,22,23,28)/t14-/m0/s1. The minimum atomic E-state index is 0.296. The molecule has 0 radical (unpaired) electrons. The largest absolute Gasteiger partial charge is 0.494 e. The second-order valence-corrected chi connectivity index (χ2v) is 7.77. The molecule has 7 heteroatoms. The third-order valence-electron chi connectivity index (χ3n) is 6.08. The lowest BCUT2D eigenvalue weighted by atomic mass is 9.83. The van der Waals surface area contributed by atoms with Crippen LogP contribution in [0.15, 0.2) is 18.2 Å². The fourth-order valence-electron chi connectivity index (χ4n) is 4.82. The first kappa shape index (κ1) is 17.6. The molecule has 1 atom stereocenters. The third-order valence-corrected chi connectivity index (χ3v) is 6.28. The van der Waals surface area contributed by atoms with E-state index in [4.69, 9.17) is 26.4 Å². The number of nitrogens with one attached hydrogen (secondary N) is 2. The van der Waals surface area contributed by atoms with Crippen molar-refractivity contribution in [2.24, 2.45) is 0 Å². The second kappa shape index (κ2) is 6.53. The lowest BCUT2D eigenvalue weighted by Crippen LogP contribution is -2.39. The number of aromatic amines is 2. The van der Waals surface area contributed by atoms with E-state index in [0.717, 1.165) is 54.2 Å². The molecule has 0 amide bonds. The Morgan fingerprint density at radius 3 is 2.54 bits per heavy atom. The van der Waals surface area contributed by atoms with Crippen LogP contribution in [0.25, 0.3) is 11.0 Å². The van der Waals surface area contributed by atoms with E-state index in [2.05, 4.69) is 27.0 Å². The molecule has 6 nitrogen and oxygen atoms in total. The zero-order valence-corrected chi connectivity index (χ0v) is 17.0. The molecule has 0 spiro atoms. The number of hydrogen-bond acceptors (Lipinski definition) is 5. The average molecular weight is 398 g/mol. The summed E-state index contributed by atoms with van der Waals surface area (Å²) in [7, 11) is 5.10. The van der Waals surface area contributed by atoms with Crippen molar-refractivity contribution < 1.29 is 14.2 Å². The van der Waals surface area contributed by atoms with Crippen molar-refractivity contribution in [2.75, 3.05) is 27.9 Å². The molecule has 0 saturated heterocycles. The van der Waals surface area contributed by atoms with Crippen molar-refractivity contribution in [1.82, 2.24) is 14.9 Å². The maximum absolute atomic E-state index is 5.69. The molecule has 3 heterocycles. The van der Waals surface area contributed by atoms with Gasteiger partial charge in [0.05, 0.1) is 26.8 Å². The van der Waals surface area contributed by atoms with E-state index in [9.17, 15) is 0 Å². The number of fused-ring (bicyclic) bond motifs is 6. The molecule has 0 unspecified atom stereocenters. The lowest BCUT2D eigenvalue weighted by molar-refractivity contribution is 0.159. The van der Waals surface area contributed by atoms with Gasteiger partial charge in [-0.3, -0.25) is 4.90 Å². The van der Waals surface area contributed by atoms with Crippen molar-refractivity contribution in [3.05, 3.63) is 45.2 Å². The van der Waals surface area contributed by atoms with Gasteiger partial charge in [-0.2, -0.15) is 0 Å². The number of imidazole rings is 1. The molecule has 2 N–H and O–H groups in total. The molecule has 2 aliphatic heterocycles. The second-order valence-electron chi connectivity index (χ2n) is 7.36. The van der Waals surface area contributed by atoms with Gasteiger partial charge in [-0.05, 0) is 53.9 Å². The summed E-state index contributed by atoms with van der Waals surface area (Å²) in [5.74, 6) is 2.49. The highest BCUT2D eigenvalue weighted by molar-refractivity contribution is 7.71. The number of nitrogens with zero attached hydrogens (tertiary/aromatic N) is 1. The number of methoxy groups -OCH3 is 3. The first-order chi connectivity index (χ1) is 13.6. The predicted molar refractivity (Wildman–Crippen MR) is 110 cm³/mol. The van der Waals surface area contributed by atoms with E-state index < -0.39 is 0 Å². The van der Waals surface area contributed by atoms with E-state index in [1.165, 1.54) is 22.3 Å². The summed E-state index contributed by atoms with van der Waals surface area (Å²) in [4.78, 5) is 9.15. The minimum absolute atomic E-state index is 0.296. The van der Waals surface area contributed by atoms with Gasteiger partial charge in [0.25, 0.3) is 0 Å². The van der Waals surface area contributed by atoms with Crippen LogP contribution in [0.2, 0.25) is 0 Å². The molecule has 0 bridgehead atoms. The zero-order chi connectivity index (χ0) is 19.4. The quantitative estimate of drug-likeness (QED) is 0.656. The van der Waals surface area contributed by atoms with E-state index in [1.54, 1.807) is 21.3 Å². The van der Waals surface area contributed by atoms with Gasteiger partial charge < -0.3 is 24.2 Å². The lowest BCUT2D eigenvalue weighted by Gasteiger charge is -2.42. The van der Waals surface area contributed by atoms with Crippen molar-refractivity contribution in [2.45, 2.75) is 25.4 Å². The van der Waals surface area contributed by atoms with Gasteiger partial charge in [0.2, 0.25) is 0 Å². The fourth-order valence-corrected chi connectivity index (χ4v) is 5.02. The number of hydrogen-bond donors (Lipinski definition) is 2. The van der Waals surface area contributed by atoms with Gasteiger partial charge in [-0.25, -0.2) is 0 Å². The Balaban J connectivity index is 1.68. The van der Waals surface area contributed by atoms with Crippen LogP contribution in [0.5, 0.6) is 17.2 Å². The first-order valence-corrected chi connectivity index (χ1v) is 9.84.